The third kappa shape index (κ3) is 40.1. The first-order valence-corrected chi connectivity index (χ1v) is 15.4. The molecule has 5 atom stereocenters. The predicted molar refractivity (Wildman–Crippen MR) is 173 cm³/mol. The van der Waals surface area contributed by atoms with Gasteiger partial charge in [0, 0.05) is 46.0 Å². The number of rotatable bonds is 8. The maximum Gasteiger partial charge on any atom is 1.00 e. The first-order chi connectivity index (χ1) is 21.0. The van der Waals surface area contributed by atoms with E-state index in [2.05, 4.69) is 27.3 Å². The predicted octanol–water partition coefficient (Wildman–Crippen LogP) is -6.40. The number of carbonyl (C=O) groups excluding carboxylic acids is 2. The minimum absolute atomic E-state index is 0. The van der Waals surface area contributed by atoms with Crippen molar-refractivity contribution in [2.24, 2.45) is 0 Å². The Kier molecular flexibility index (Phi) is 46.8. The average molecular weight is 842 g/mol. The minimum Gasteiger partial charge on any atom is -1.00 e. The fourth-order valence-corrected chi connectivity index (χ4v) is 3.13. The van der Waals surface area contributed by atoms with E-state index in [4.69, 9.17) is 48.6 Å². The van der Waals surface area contributed by atoms with Crippen LogP contribution in [0.3, 0.4) is 0 Å². The van der Waals surface area contributed by atoms with Crippen LogP contribution in [0.5, 0.6) is 0 Å². The second kappa shape index (κ2) is 35.6. The topological polar surface area (TPSA) is 292 Å². The monoisotopic (exact) mass is 841 g/mol. The smallest absolute Gasteiger partial charge is 1.00 e. The SMILES string of the molecule is C.C.CC1(C)OC[C@H](C=O)O1.CC1(C)OC[C@H]([C@@H](O)C[N+](=O)[O-])O1.CC1(C)OC[C@H]([C@H](O)C[N+](=O)[O-])O1.C[N+](=O)[O-].O=CO[O-].S=S=S.[H-].[K+].[K+]. The largest absolute Gasteiger partial charge is 1.00 e. The summed E-state index contributed by atoms with van der Waals surface area (Å²) in [4.78, 5) is 48.7. The second-order valence-corrected chi connectivity index (χ2v) is 11.9. The van der Waals surface area contributed by atoms with E-state index in [1.165, 1.54) is 0 Å². The summed E-state index contributed by atoms with van der Waals surface area (Å²) in [5, 5.41) is 56.0. The van der Waals surface area contributed by atoms with Crippen molar-refractivity contribution in [2.75, 3.05) is 40.0 Å². The van der Waals surface area contributed by atoms with Crippen LogP contribution in [0.4, 0.5) is 0 Å². The number of nitro groups is 3. The van der Waals surface area contributed by atoms with Crippen molar-refractivity contribution >= 4 is 44.0 Å². The van der Waals surface area contributed by atoms with E-state index in [-0.39, 0.29) is 145 Å². The molecule has 0 aliphatic carbocycles. The summed E-state index contributed by atoms with van der Waals surface area (Å²) in [6.07, 6.45) is -3.00. The van der Waals surface area contributed by atoms with E-state index in [0.29, 0.717) is 6.61 Å². The van der Waals surface area contributed by atoms with Crippen LogP contribution < -0.4 is 108 Å². The van der Waals surface area contributed by atoms with E-state index in [0.717, 1.165) is 22.2 Å². The Morgan fingerprint density at radius 2 is 1.06 bits per heavy atom. The fourth-order valence-electron chi connectivity index (χ4n) is 3.13. The van der Waals surface area contributed by atoms with Crippen LogP contribution in [0.1, 0.15) is 57.8 Å². The summed E-state index contributed by atoms with van der Waals surface area (Å²) in [6.45, 7) is 9.96. The number of aliphatic hydroxyl groups is 2. The van der Waals surface area contributed by atoms with Crippen LogP contribution >= 0.6 is 0 Å². The summed E-state index contributed by atoms with van der Waals surface area (Å²) in [6, 6.07) is 0. The number of hydrogen-bond donors (Lipinski definition) is 2. The molecule has 50 heavy (non-hydrogen) atoms. The molecule has 21 nitrogen and oxygen atoms in total. The van der Waals surface area contributed by atoms with Crippen molar-refractivity contribution in [1.29, 1.82) is 0 Å². The zero-order valence-corrected chi connectivity index (χ0v) is 36.8. The van der Waals surface area contributed by atoms with Gasteiger partial charge >= 0.3 is 103 Å². The van der Waals surface area contributed by atoms with Crippen LogP contribution in [-0.4, -0.2) is 126 Å². The Balaban J connectivity index is -0.0000000765. The fraction of sp³-hybridized carbons (Fsp3) is 0.917. The van der Waals surface area contributed by atoms with Crippen LogP contribution in [0, 0.1) is 30.3 Å². The van der Waals surface area contributed by atoms with Gasteiger partial charge in [0.25, 0.3) is 6.47 Å². The molecule has 0 amide bonds. The van der Waals surface area contributed by atoms with Crippen LogP contribution in [0.2, 0.25) is 0 Å². The molecule has 0 radical (unpaired) electrons. The molecule has 3 aliphatic rings. The molecule has 0 aromatic carbocycles. The Labute approximate surface area is 390 Å². The maximum atomic E-state index is 10.1. The first kappa shape index (κ1) is 65.8. The van der Waals surface area contributed by atoms with Crippen molar-refractivity contribution in [3.63, 3.8) is 0 Å². The summed E-state index contributed by atoms with van der Waals surface area (Å²) in [7, 11) is 1.81. The van der Waals surface area contributed by atoms with Crippen molar-refractivity contribution in [1.82, 2.24) is 0 Å². The molecule has 0 aromatic rings. The van der Waals surface area contributed by atoms with Gasteiger partial charge in [-0.2, -0.15) is 0 Å². The molecular weight excluding hydrogens is 793 g/mol. The van der Waals surface area contributed by atoms with E-state index in [9.17, 15) is 35.2 Å². The van der Waals surface area contributed by atoms with E-state index >= 15 is 0 Å². The summed E-state index contributed by atoms with van der Waals surface area (Å²) < 4.78 is 31.0. The van der Waals surface area contributed by atoms with Crippen LogP contribution in [-0.2, 0) is 74.2 Å². The maximum absolute atomic E-state index is 10.1. The van der Waals surface area contributed by atoms with Crippen LogP contribution in [0.15, 0.2) is 0 Å². The molecule has 0 spiro atoms. The molecule has 0 unspecified atom stereocenters. The standard InChI is InChI=1S/2C7H13NO5.C6H10O3.CH3NO2.CH2O3.2CH4.2K.S3.H/c2*1-7(2)12-4-6(13-7)5(9)3-8(10)11;1-6(2)8-4-5(3-7)9-6;1-2(3)4;2-1-4-3;;;;;1-3-2;/h2*5-6,9H,3-4H2,1-2H3;3,5H,4H2,1-2H3;1H3;1,3H;2*1H4;;;;/q;;;;;;;2*+1;;-1/p-1/t5-,6+;5-,6-;5-;;;;;;;;/m010......../s1. The molecule has 3 fully saturated rings. The van der Waals surface area contributed by atoms with E-state index in [1.54, 1.807) is 41.5 Å². The molecule has 3 aliphatic heterocycles. The van der Waals surface area contributed by atoms with Gasteiger partial charge in [-0.05, 0) is 41.5 Å². The zero-order valence-electron chi connectivity index (χ0n) is 29.1. The molecule has 26 heteroatoms. The van der Waals surface area contributed by atoms with Gasteiger partial charge in [-0.15, -0.1) is 0 Å². The Morgan fingerprint density at radius 1 is 0.800 bits per heavy atom. The first-order valence-electron chi connectivity index (χ1n) is 12.7. The number of carbonyl (C=O) groups is 2. The van der Waals surface area contributed by atoms with Crippen molar-refractivity contribution in [3.8, 4) is 0 Å². The Bertz CT molecular complexity index is 941. The number of nitrogens with zero attached hydrogens (tertiary/aromatic N) is 3. The third-order valence-electron chi connectivity index (χ3n) is 4.81. The number of hydrogen-bond acceptors (Lipinski definition) is 20. The van der Waals surface area contributed by atoms with Crippen molar-refractivity contribution < 1.29 is 177 Å². The normalized spacial score (nSPS) is 21.9. The molecule has 3 rings (SSSR count). The number of aldehydes is 1. The van der Waals surface area contributed by atoms with Gasteiger partial charge in [0.2, 0.25) is 13.1 Å². The van der Waals surface area contributed by atoms with Crippen molar-refractivity contribution in [3.05, 3.63) is 30.3 Å². The van der Waals surface area contributed by atoms with Gasteiger partial charge in [-0.25, -0.2) is 0 Å². The Hall–Kier alpha value is 0.913. The zero-order chi connectivity index (χ0) is 36.7. The summed E-state index contributed by atoms with van der Waals surface area (Å²) in [5.41, 5.74) is 0. The van der Waals surface area contributed by atoms with Gasteiger partial charge in [0.1, 0.15) is 30.5 Å². The molecule has 2 N–H and O–H groups in total. The average Bonchev–Trinajstić information content (AvgIpc) is 3.59. The number of aliphatic hydroxyl groups excluding tert-OH is 2. The molecule has 0 aromatic heterocycles. The third-order valence-corrected chi connectivity index (χ3v) is 4.81. The summed E-state index contributed by atoms with van der Waals surface area (Å²) in [5.74, 6) is -2.06. The second-order valence-electron chi connectivity index (χ2n) is 10.1. The number of ether oxygens (including phenoxy) is 6. The van der Waals surface area contributed by atoms with Gasteiger partial charge in [0.05, 0.1) is 19.8 Å². The van der Waals surface area contributed by atoms with Gasteiger partial charge in [0.15, 0.2) is 30.7 Å². The molecular formula is C24H49K2N3O18S3. The van der Waals surface area contributed by atoms with Gasteiger partial charge in [-0.3, -0.25) is 35.1 Å². The van der Waals surface area contributed by atoms with Crippen LogP contribution in [0.25, 0.3) is 0 Å². The quantitative estimate of drug-likeness (QED) is 0.0755. The van der Waals surface area contributed by atoms with Gasteiger partial charge in [-0.1, -0.05) is 14.9 Å². The van der Waals surface area contributed by atoms with E-state index < -0.39 is 69.6 Å². The van der Waals surface area contributed by atoms with Gasteiger partial charge < -0.3 is 55.0 Å². The molecule has 3 saturated heterocycles. The molecule has 0 bridgehead atoms. The Morgan fingerprint density at radius 3 is 1.20 bits per heavy atom. The minimum atomic E-state index is -1.10. The molecule has 0 saturated carbocycles. The summed E-state index contributed by atoms with van der Waals surface area (Å²) >= 11 is 8.25. The molecule has 288 valence electrons. The van der Waals surface area contributed by atoms with E-state index in [1.807, 2.05) is 0 Å². The van der Waals surface area contributed by atoms with Crippen molar-refractivity contribution in [2.45, 2.75) is 104 Å². The molecule has 3 heterocycles.